The Morgan fingerprint density at radius 3 is 1.59 bits per heavy atom. The van der Waals surface area contributed by atoms with Crippen molar-refractivity contribution in [3.05, 3.63) is 59.6 Å². The summed E-state index contributed by atoms with van der Waals surface area (Å²) in [6, 6.07) is 13.6. The second kappa shape index (κ2) is 6.66. The fraction of sp³-hybridized carbons (Fsp3) is 0. The molecule has 2 nitrogen and oxygen atoms in total. The Hall–Kier alpha value is -2.20. The van der Waals surface area contributed by atoms with E-state index < -0.39 is 0 Å². The van der Waals surface area contributed by atoms with E-state index >= 15 is 0 Å². The maximum atomic E-state index is 4.67. The minimum Gasteiger partial charge on any atom is -0.236 e. The van der Waals surface area contributed by atoms with Gasteiger partial charge in [0.05, 0.1) is 18.8 Å². The molecule has 0 aromatic carbocycles. The summed E-state index contributed by atoms with van der Waals surface area (Å²) >= 11 is 11.2. The molecule has 8 rings (SSSR count). The summed E-state index contributed by atoms with van der Waals surface area (Å²) in [5.41, 5.74) is 3.14. The standard InChI is InChI=1S/C24H10N2S6/c1-3-27-20-14(1)29-18-7-16(31-22(18)20)12-5-11-6-13(10-26-24(11)25-9-12)17-8-19-23(32-17)21-15(30-19)2-4-28-21/h1-10H. The molecule has 0 aliphatic heterocycles. The topological polar surface area (TPSA) is 25.8 Å². The van der Waals surface area contributed by atoms with Crippen molar-refractivity contribution >= 4 is 117 Å². The third-order valence-corrected chi connectivity index (χ3v) is 12.9. The van der Waals surface area contributed by atoms with Crippen molar-refractivity contribution < 1.29 is 0 Å². The molecule has 0 atom stereocenters. The van der Waals surface area contributed by atoms with E-state index in [2.05, 4.69) is 57.1 Å². The number of fused-ring (bicyclic) bond motifs is 7. The molecule has 8 aromatic rings. The first kappa shape index (κ1) is 18.3. The van der Waals surface area contributed by atoms with Crippen molar-refractivity contribution in [1.82, 2.24) is 9.97 Å². The quantitative estimate of drug-likeness (QED) is 0.227. The van der Waals surface area contributed by atoms with E-state index in [9.17, 15) is 0 Å². The van der Waals surface area contributed by atoms with Crippen LogP contribution >= 0.6 is 68.0 Å². The SMILES string of the molecule is c1cc2sc3cc(-c4cnc5ncc(-c6cc7sc8ccsc8c7s6)cc5c4)sc3c2s1. The lowest BCUT2D eigenvalue weighted by molar-refractivity contribution is 1.29. The molecule has 8 heteroatoms. The van der Waals surface area contributed by atoms with Crippen LogP contribution in [-0.2, 0) is 0 Å². The molecular weight excluding hydrogens is 509 g/mol. The average Bonchev–Trinajstić information content (AvgIpc) is 3.59. The van der Waals surface area contributed by atoms with Crippen LogP contribution in [0.4, 0.5) is 0 Å². The Kier molecular flexibility index (Phi) is 3.80. The van der Waals surface area contributed by atoms with E-state index in [1.54, 1.807) is 0 Å². The highest BCUT2D eigenvalue weighted by atomic mass is 32.1. The zero-order valence-corrected chi connectivity index (χ0v) is 21.0. The average molecular weight is 519 g/mol. The third kappa shape index (κ3) is 2.59. The van der Waals surface area contributed by atoms with Gasteiger partial charge in [0.15, 0.2) is 5.65 Å². The lowest BCUT2D eigenvalue weighted by Crippen LogP contribution is -1.86. The first-order chi connectivity index (χ1) is 15.8. The second-order valence-corrected chi connectivity index (χ2v) is 13.6. The summed E-state index contributed by atoms with van der Waals surface area (Å²) in [5.74, 6) is 0. The van der Waals surface area contributed by atoms with Gasteiger partial charge in [-0.25, -0.2) is 9.97 Å². The number of nitrogens with zero attached hydrogens (tertiary/aromatic N) is 2. The van der Waals surface area contributed by atoms with Crippen molar-refractivity contribution in [1.29, 1.82) is 0 Å². The smallest absolute Gasteiger partial charge is 0.159 e. The van der Waals surface area contributed by atoms with Gasteiger partial charge in [0.25, 0.3) is 0 Å². The van der Waals surface area contributed by atoms with Crippen LogP contribution in [0.2, 0.25) is 0 Å². The highest BCUT2D eigenvalue weighted by Gasteiger charge is 2.15. The van der Waals surface area contributed by atoms with Gasteiger partial charge >= 0.3 is 0 Å². The number of thiophene rings is 6. The Labute approximate surface area is 205 Å². The molecule has 8 heterocycles. The molecule has 0 bridgehead atoms. The number of pyridine rings is 2. The normalized spacial score (nSPS) is 12.4. The molecule has 32 heavy (non-hydrogen) atoms. The van der Waals surface area contributed by atoms with Crippen LogP contribution in [0.1, 0.15) is 0 Å². The summed E-state index contributed by atoms with van der Waals surface area (Å²) < 4.78 is 11.2. The largest absolute Gasteiger partial charge is 0.236 e. The van der Waals surface area contributed by atoms with Gasteiger partial charge in [0, 0.05) is 57.5 Å². The molecule has 0 radical (unpaired) electrons. The Balaban J connectivity index is 1.26. The van der Waals surface area contributed by atoms with Crippen molar-refractivity contribution in [3.63, 3.8) is 0 Å². The molecule has 0 saturated carbocycles. The highest BCUT2D eigenvalue weighted by Crippen LogP contribution is 2.46. The van der Waals surface area contributed by atoms with E-state index in [-0.39, 0.29) is 0 Å². The lowest BCUT2D eigenvalue weighted by Gasteiger charge is -2.03. The van der Waals surface area contributed by atoms with Crippen molar-refractivity contribution in [2.75, 3.05) is 0 Å². The second-order valence-electron chi connectivity index (χ2n) is 7.53. The number of rotatable bonds is 2. The summed E-state index contributed by atoms with van der Waals surface area (Å²) in [6.07, 6.45) is 3.93. The van der Waals surface area contributed by atoms with Gasteiger partial charge in [-0.1, -0.05) is 0 Å². The van der Waals surface area contributed by atoms with Gasteiger partial charge in [-0.3, -0.25) is 0 Å². The maximum Gasteiger partial charge on any atom is 0.159 e. The third-order valence-electron chi connectivity index (χ3n) is 5.61. The van der Waals surface area contributed by atoms with E-state index in [4.69, 9.17) is 0 Å². The van der Waals surface area contributed by atoms with Gasteiger partial charge in [-0.15, -0.1) is 68.0 Å². The molecule has 0 unspecified atom stereocenters. The van der Waals surface area contributed by atoms with Crippen LogP contribution in [0.15, 0.2) is 59.6 Å². The highest BCUT2D eigenvalue weighted by molar-refractivity contribution is 7.39. The Bertz CT molecular complexity index is 1820. The molecule has 0 spiro atoms. The molecule has 0 N–H and O–H groups in total. The molecule has 152 valence electrons. The molecule has 0 aliphatic rings. The number of hydrogen-bond donors (Lipinski definition) is 0. The van der Waals surface area contributed by atoms with Crippen molar-refractivity contribution in [3.8, 4) is 20.9 Å². The lowest BCUT2D eigenvalue weighted by atomic mass is 10.1. The summed E-state index contributed by atoms with van der Waals surface area (Å²) in [6.45, 7) is 0. The molecule has 0 aliphatic carbocycles. The van der Waals surface area contributed by atoms with Gasteiger partial charge in [-0.05, 0) is 47.2 Å². The van der Waals surface area contributed by atoms with Crippen LogP contribution in [0.5, 0.6) is 0 Å². The van der Waals surface area contributed by atoms with Gasteiger partial charge in [0.1, 0.15) is 0 Å². The van der Waals surface area contributed by atoms with Crippen LogP contribution in [-0.4, -0.2) is 9.97 Å². The van der Waals surface area contributed by atoms with Gasteiger partial charge in [0.2, 0.25) is 0 Å². The molecule has 0 amide bonds. The fourth-order valence-electron chi connectivity index (χ4n) is 4.12. The predicted octanol–water partition coefficient (Wildman–Crippen LogP) is 9.95. The summed E-state index contributed by atoms with van der Waals surface area (Å²) in [4.78, 5) is 11.9. The Morgan fingerprint density at radius 1 is 0.531 bits per heavy atom. The van der Waals surface area contributed by atoms with E-state index in [1.165, 1.54) is 58.5 Å². The summed E-state index contributed by atoms with van der Waals surface area (Å²) in [5, 5.41) is 5.46. The van der Waals surface area contributed by atoms with E-state index in [1.807, 2.05) is 80.4 Å². The molecular formula is C24H10N2S6. The summed E-state index contributed by atoms with van der Waals surface area (Å²) in [7, 11) is 0. The minimum absolute atomic E-state index is 0.801. The van der Waals surface area contributed by atoms with Crippen LogP contribution in [0.3, 0.4) is 0 Å². The molecule has 0 saturated heterocycles. The molecule has 8 aromatic heterocycles. The zero-order chi connectivity index (χ0) is 20.8. The van der Waals surface area contributed by atoms with Gasteiger partial charge < -0.3 is 0 Å². The first-order valence-electron chi connectivity index (χ1n) is 9.86. The fourth-order valence-corrected chi connectivity index (χ4v) is 11.6. The monoisotopic (exact) mass is 518 g/mol. The first-order valence-corrected chi connectivity index (χ1v) is 14.9. The van der Waals surface area contributed by atoms with Crippen LogP contribution in [0, 0.1) is 0 Å². The maximum absolute atomic E-state index is 4.67. The number of hydrogen-bond acceptors (Lipinski definition) is 8. The van der Waals surface area contributed by atoms with E-state index in [0.717, 1.165) is 11.0 Å². The predicted molar refractivity (Wildman–Crippen MR) is 148 cm³/mol. The number of aromatic nitrogens is 2. The minimum atomic E-state index is 0.801. The Morgan fingerprint density at radius 2 is 1.06 bits per heavy atom. The van der Waals surface area contributed by atoms with Crippen LogP contribution < -0.4 is 0 Å². The van der Waals surface area contributed by atoms with E-state index in [0.29, 0.717) is 0 Å². The van der Waals surface area contributed by atoms with Crippen molar-refractivity contribution in [2.24, 2.45) is 0 Å². The van der Waals surface area contributed by atoms with Crippen molar-refractivity contribution in [2.45, 2.75) is 0 Å². The zero-order valence-electron chi connectivity index (χ0n) is 16.1. The van der Waals surface area contributed by atoms with Gasteiger partial charge in [-0.2, -0.15) is 0 Å². The van der Waals surface area contributed by atoms with Crippen LogP contribution in [0.25, 0.3) is 69.5 Å². The molecule has 0 fully saturated rings.